The van der Waals surface area contributed by atoms with E-state index in [2.05, 4.69) is 107 Å². The van der Waals surface area contributed by atoms with Crippen molar-refractivity contribution < 1.29 is 0 Å². The quantitative estimate of drug-likeness (QED) is 0.227. The molecule has 1 heterocycles. The van der Waals surface area contributed by atoms with Crippen LogP contribution < -0.4 is 0 Å². The second-order valence-corrected chi connectivity index (χ2v) is 8.46. The van der Waals surface area contributed by atoms with Crippen LogP contribution in [-0.4, -0.2) is 4.57 Å². The maximum absolute atomic E-state index is 4.13. The Morgan fingerprint density at radius 1 is 0.909 bits per heavy atom. The Labute approximate surface area is 204 Å². The van der Waals surface area contributed by atoms with E-state index in [-0.39, 0.29) is 0 Å². The Morgan fingerprint density at radius 3 is 2.15 bits per heavy atom. The normalized spacial score (nSPS) is 11.8. The molecular weight excluding hydrogens is 466 g/mol. The molecule has 0 atom stereocenters. The van der Waals surface area contributed by atoms with E-state index in [1.807, 2.05) is 43.4 Å². The van der Waals surface area contributed by atoms with E-state index in [1.54, 1.807) is 0 Å². The number of allylic oxidation sites excluding steroid dienone is 5. The van der Waals surface area contributed by atoms with Crippen molar-refractivity contribution in [2.75, 3.05) is 0 Å². The molecule has 4 aromatic rings. The van der Waals surface area contributed by atoms with Crippen molar-refractivity contribution in [3.8, 4) is 16.9 Å². The molecule has 1 aromatic heterocycles. The molecule has 1 nitrogen and oxygen atoms in total. The topological polar surface area (TPSA) is 4.93 Å². The van der Waals surface area contributed by atoms with E-state index in [9.17, 15) is 0 Å². The predicted molar refractivity (Wildman–Crippen MR) is 150 cm³/mol. The van der Waals surface area contributed by atoms with Crippen LogP contribution in [-0.2, 0) is 0 Å². The van der Waals surface area contributed by atoms with Gasteiger partial charge in [-0.1, -0.05) is 121 Å². The molecule has 0 bridgehead atoms. The molecule has 4 rings (SSSR count). The molecule has 0 amide bonds. The average Bonchev–Trinajstić information content (AvgIpc) is 3.18. The van der Waals surface area contributed by atoms with Gasteiger partial charge in [-0.2, -0.15) is 0 Å². The lowest BCUT2D eigenvalue weighted by molar-refractivity contribution is 1.13. The molecular formula is C31H26BrN. The minimum Gasteiger partial charge on any atom is -0.308 e. The highest BCUT2D eigenvalue weighted by atomic mass is 79.9. The summed E-state index contributed by atoms with van der Waals surface area (Å²) in [5.41, 5.74) is 8.79. The Hall–Kier alpha value is -3.62. The third-order valence-corrected chi connectivity index (χ3v) is 6.34. The molecule has 33 heavy (non-hydrogen) atoms. The Kier molecular flexibility index (Phi) is 6.76. The third kappa shape index (κ3) is 3.99. The van der Waals surface area contributed by atoms with Gasteiger partial charge in [0.25, 0.3) is 0 Å². The van der Waals surface area contributed by atoms with Crippen LogP contribution >= 0.6 is 15.9 Å². The zero-order valence-electron chi connectivity index (χ0n) is 18.8. The minimum absolute atomic E-state index is 1.01. The molecule has 0 radical (unpaired) electrons. The highest BCUT2D eigenvalue weighted by Crippen LogP contribution is 2.44. The van der Waals surface area contributed by atoms with Crippen LogP contribution in [0.3, 0.4) is 0 Å². The fourth-order valence-corrected chi connectivity index (χ4v) is 4.98. The lowest BCUT2D eigenvalue weighted by atomic mass is 9.95. The molecule has 0 fully saturated rings. The smallest absolute Gasteiger partial charge is 0.0620 e. The highest BCUT2D eigenvalue weighted by molar-refractivity contribution is 9.10. The summed E-state index contributed by atoms with van der Waals surface area (Å²) in [4.78, 5) is 0. The lowest BCUT2D eigenvalue weighted by Gasteiger charge is -2.15. The second kappa shape index (κ2) is 9.89. The number of hydrogen-bond acceptors (Lipinski definition) is 0. The fraction of sp³-hybridized carbons (Fsp3) is 0.0323. The van der Waals surface area contributed by atoms with E-state index in [4.69, 9.17) is 0 Å². The number of benzene rings is 3. The van der Waals surface area contributed by atoms with Gasteiger partial charge in [0.05, 0.1) is 11.2 Å². The summed E-state index contributed by atoms with van der Waals surface area (Å²) in [6, 6.07) is 23.2. The van der Waals surface area contributed by atoms with Crippen LogP contribution in [0.25, 0.3) is 45.6 Å². The van der Waals surface area contributed by atoms with Crippen LogP contribution in [0.4, 0.5) is 0 Å². The molecule has 3 aromatic carbocycles. The van der Waals surface area contributed by atoms with Crippen LogP contribution in [0.5, 0.6) is 0 Å². The van der Waals surface area contributed by atoms with Gasteiger partial charge in [-0.25, -0.2) is 0 Å². The van der Waals surface area contributed by atoms with Gasteiger partial charge in [-0.05, 0) is 41.8 Å². The summed E-state index contributed by atoms with van der Waals surface area (Å²) in [6.07, 6.45) is 11.9. The first-order chi connectivity index (χ1) is 16.2. The van der Waals surface area contributed by atoms with Crippen molar-refractivity contribution in [1.82, 2.24) is 4.57 Å². The van der Waals surface area contributed by atoms with Gasteiger partial charge in [0.1, 0.15) is 0 Å². The van der Waals surface area contributed by atoms with Crippen LogP contribution in [0.1, 0.15) is 23.6 Å². The number of fused-ring (bicyclic) bond motifs is 1. The molecule has 0 saturated carbocycles. The summed E-state index contributed by atoms with van der Waals surface area (Å²) in [5, 5.41) is 1.14. The van der Waals surface area contributed by atoms with Crippen molar-refractivity contribution in [1.29, 1.82) is 0 Å². The summed E-state index contributed by atoms with van der Waals surface area (Å²) >= 11 is 3.81. The summed E-state index contributed by atoms with van der Waals surface area (Å²) < 4.78 is 3.36. The number of para-hydroxylation sites is 1. The predicted octanol–water partition coefficient (Wildman–Crippen LogP) is 9.49. The number of aromatic nitrogens is 1. The molecule has 0 aliphatic heterocycles. The fourth-order valence-electron chi connectivity index (χ4n) is 4.38. The zero-order chi connectivity index (χ0) is 23.4. The van der Waals surface area contributed by atoms with E-state index in [1.165, 1.54) is 0 Å². The molecule has 0 spiro atoms. The zero-order valence-corrected chi connectivity index (χ0v) is 20.3. The van der Waals surface area contributed by atoms with E-state index >= 15 is 0 Å². The summed E-state index contributed by atoms with van der Waals surface area (Å²) in [6.45, 7) is 14.2. The van der Waals surface area contributed by atoms with Crippen LogP contribution in [0.2, 0.25) is 0 Å². The second-order valence-electron chi connectivity index (χ2n) is 7.61. The standard InChI is InChI=1S/C31H26BrN/c1-5-15-22(7-3)29-27-21-28(32)25(8-4)26(16-6-2)31(27)33(24-19-13-10-14-20-24)30(29)23-17-11-9-12-18-23/h5-21H,1,3-4H2,2H3/b16-6-,22-15+. The SMILES string of the molecule is C=C/C=C(\C=C)c1c(-c2ccccc2)n(-c2ccccc2)c2c(/C=C\C)c(C=C)c(Br)cc12. The first kappa shape index (κ1) is 22.6. The van der Waals surface area contributed by atoms with Crippen molar-refractivity contribution in [2.45, 2.75) is 6.92 Å². The first-order valence-corrected chi connectivity index (χ1v) is 11.7. The van der Waals surface area contributed by atoms with E-state index < -0.39 is 0 Å². The Bertz CT molecular complexity index is 1400. The molecule has 162 valence electrons. The molecule has 0 N–H and O–H groups in total. The van der Waals surface area contributed by atoms with Crippen molar-refractivity contribution >= 4 is 44.6 Å². The number of rotatable bonds is 7. The largest absolute Gasteiger partial charge is 0.308 e. The van der Waals surface area contributed by atoms with Gasteiger partial charge >= 0.3 is 0 Å². The molecule has 0 saturated heterocycles. The first-order valence-electron chi connectivity index (χ1n) is 10.9. The summed E-state index contributed by atoms with van der Waals surface area (Å²) in [5.74, 6) is 0. The van der Waals surface area contributed by atoms with Crippen LogP contribution in [0, 0.1) is 0 Å². The summed E-state index contributed by atoms with van der Waals surface area (Å²) in [7, 11) is 0. The molecule has 0 aliphatic rings. The van der Waals surface area contributed by atoms with Crippen molar-refractivity contribution in [3.63, 3.8) is 0 Å². The van der Waals surface area contributed by atoms with Gasteiger partial charge in [0.15, 0.2) is 0 Å². The Morgan fingerprint density at radius 2 is 1.58 bits per heavy atom. The minimum atomic E-state index is 1.01. The van der Waals surface area contributed by atoms with Gasteiger partial charge in [-0.3, -0.25) is 0 Å². The molecule has 0 aliphatic carbocycles. The maximum Gasteiger partial charge on any atom is 0.0620 e. The van der Waals surface area contributed by atoms with Crippen molar-refractivity contribution in [2.24, 2.45) is 0 Å². The number of nitrogens with zero attached hydrogens (tertiary/aromatic N) is 1. The maximum atomic E-state index is 4.13. The monoisotopic (exact) mass is 491 g/mol. The number of halogens is 1. The average molecular weight is 492 g/mol. The van der Waals surface area contributed by atoms with E-state index in [0.29, 0.717) is 0 Å². The number of hydrogen-bond donors (Lipinski definition) is 0. The van der Waals surface area contributed by atoms with Crippen LogP contribution in [0.15, 0.2) is 115 Å². The van der Waals surface area contributed by atoms with Gasteiger partial charge in [0.2, 0.25) is 0 Å². The highest BCUT2D eigenvalue weighted by Gasteiger charge is 2.24. The lowest BCUT2D eigenvalue weighted by Crippen LogP contribution is -2.00. The third-order valence-electron chi connectivity index (χ3n) is 5.69. The van der Waals surface area contributed by atoms with Gasteiger partial charge in [0, 0.05) is 26.7 Å². The van der Waals surface area contributed by atoms with E-state index in [0.717, 1.165) is 54.6 Å². The molecule has 0 unspecified atom stereocenters. The Balaban J connectivity index is 2.37. The molecule has 2 heteroatoms. The van der Waals surface area contributed by atoms with Gasteiger partial charge in [-0.15, -0.1) is 0 Å². The van der Waals surface area contributed by atoms with Gasteiger partial charge < -0.3 is 4.57 Å². The van der Waals surface area contributed by atoms with Crippen molar-refractivity contribution in [3.05, 3.63) is 132 Å².